The Kier molecular flexibility index (Phi) is 4.79. The van der Waals surface area contributed by atoms with Crippen molar-refractivity contribution in [2.75, 3.05) is 0 Å². The third-order valence-corrected chi connectivity index (χ3v) is 4.07. The van der Waals surface area contributed by atoms with E-state index in [4.69, 9.17) is 4.42 Å². The fraction of sp³-hybridized carbons (Fsp3) is 0.211. The molecule has 0 atom stereocenters. The maximum atomic E-state index is 12.2. The summed E-state index contributed by atoms with van der Waals surface area (Å²) in [4.78, 5) is 28.3. The number of rotatable bonds is 5. The van der Waals surface area contributed by atoms with Crippen LogP contribution in [-0.2, 0) is 17.8 Å². The van der Waals surface area contributed by atoms with E-state index in [0.29, 0.717) is 24.1 Å². The van der Waals surface area contributed by atoms with Crippen molar-refractivity contribution < 1.29 is 14.3 Å². The number of hydrogen-bond acceptors (Lipinski definition) is 5. The molecule has 6 heteroatoms. The SMILES string of the molecule is Cc1c(CCC(=O)NCc2ccccn2)c(=O)oc2cc(O)ccc12. The van der Waals surface area contributed by atoms with Crippen molar-refractivity contribution in [1.82, 2.24) is 10.3 Å². The molecule has 2 aromatic heterocycles. The molecule has 0 aliphatic rings. The lowest BCUT2D eigenvalue weighted by molar-refractivity contribution is -0.121. The van der Waals surface area contributed by atoms with E-state index in [1.807, 2.05) is 25.1 Å². The number of carbonyl (C=O) groups is 1. The number of aromatic nitrogens is 1. The van der Waals surface area contributed by atoms with Gasteiger partial charge in [0.15, 0.2) is 0 Å². The molecule has 6 nitrogen and oxygen atoms in total. The van der Waals surface area contributed by atoms with Gasteiger partial charge in [-0.05, 0) is 43.2 Å². The predicted octanol–water partition coefficient (Wildman–Crippen LogP) is 2.45. The van der Waals surface area contributed by atoms with Gasteiger partial charge in [-0.25, -0.2) is 4.79 Å². The van der Waals surface area contributed by atoms with Crippen molar-refractivity contribution in [2.24, 2.45) is 0 Å². The van der Waals surface area contributed by atoms with Gasteiger partial charge < -0.3 is 14.8 Å². The fourth-order valence-corrected chi connectivity index (χ4v) is 2.69. The number of hydrogen-bond donors (Lipinski definition) is 2. The Bertz CT molecular complexity index is 964. The Hall–Kier alpha value is -3.15. The van der Waals surface area contributed by atoms with Crippen LogP contribution < -0.4 is 10.9 Å². The normalized spacial score (nSPS) is 10.8. The average molecular weight is 338 g/mol. The van der Waals surface area contributed by atoms with Crippen LogP contribution in [0.2, 0.25) is 0 Å². The molecule has 0 aliphatic heterocycles. The van der Waals surface area contributed by atoms with Gasteiger partial charge in [-0.3, -0.25) is 9.78 Å². The second kappa shape index (κ2) is 7.17. The Labute approximate surface area is 144 Å². The highest BCUT2D eigenvalue weighted by Crippen LogP contribution is 2.23. The molecule has 2 heterocycles. The zero-order valence-corrected chi connectivity index (χ0v) is 13.8. The molecule has 0 bridgehead atoms. The number of carbonyl (C=O) groups excluding carboxylic acids is 1. The van der Waals surface area contributed by atoms with Crippen LogP contribution in [0.4, 0.5) is 0 Å². The van der Waals surface area contributed by atoms with E-state index < -0.39 is 5.63 Å². The number of amides is 1. The third kappa shape index (κ3) is 3.85. The molecule has 3 aromatic rings. The second-order valence-electron chi connectivity index (χ2n) is 5.77. The van der Waals surface area contributed by atoms with E-state index in [1.165, 1.54) is 6.07 Å². The lowest BCUT2D eigenvalue weighted by Gasteiger charge is -2.08. The van der Waals surface area contributed by atoms with Gasteiger partial charge >= 0.3 is 5.63 Å². The maximum absolute atomic E-state index is 12.2. The molecule has 0 radical (unpaired) electrons. The van der Waals surface area contributed by atoms with E-state index >= 15 is 0 Å². The highest BCUT2D eigenvalue weighted by atomic mass is 16.4. The number of benzene rings is 1. The fourth-order valence-electron chi connectivity index (χ4n) is 2.69. The minimum atomic E-state index is -0.479. The lowest BCUT2D eigenvalue weighted by atomic mass is 10.0. The largest absolute Gasteiger partial charge is 0.508 e. The number of pyridine rings is 1. The first kappa shape index (κ1) is 16.7. The minimum absolute atomic E-state index is 0.0386. The Morgan fingerprint density at radius 3 is 2.88 bits per heavy atom. The van der Waals surface area contributed by atoms with E-state index in [9.17, 15) is 14.7 Å². The van der Waals surface area contributed by atoms with Crippen molar-refractivity contribution in [3.63, 3.8) is 0 Å². The lowest BCUT2D eigenvalue weighted by Crippen LogP contribution is -2.24. The summed E-state index contributed by atoms with van der Waals surface area (Å²) in [5.74, 6) is -0.119. The quantitative estimate of drug-likeness (QED) is 0.697. The summed E-state index contributed by atoms with van der Waals surface area (Å²) < 4.78 is 5.26. The Morgan fingerprint density at radius 2 is 2.12 bits per heavy atom. The molecule has 2 N–H and O–H groups in total. The van der Waals surface area contributed by atoms with Crippen LogP contribution in [0.15, 0.2) is 51.8 Å². The molecule has 25 heavy (non-hydrogen) atoms. The van der Waals surface area contributed by atoms with E-state index in [1.54, 1.807) is 18.3 Å². The van der Waals surface area contributed by atoms with E-state index in [0.717, 1.165) is 16.6 Å². The molecule has 1 amide bonds. The Morgan fingerprint density at radius 1 is 1.28 bits per heavy atom. The summed E-state index contributed by atoms with van der Waals surface area (Å²) in [5, 5.41) is 13.0. The van der Waals surface area contributed by atoms with E-state index in [2.05, 4.69) is 10.3 Å². The molecule has 3 rings (SSSR count). The van der Waals surface area contributed by atoms with Gasteiger partial charge in [-0.1, -0.05) is 6.07 Å². The number of nitrogens with zero attached hydrogens (tertiary/aromatic N) is 1. The Balaban J connectivity index is 1.69. The minimum Gasteiger partial charge on any atom is -0.508 e. The van der Waals surface area contributed by atoms with Crippen molar-refractivity contribution >= 4 is 16.9 Å². The molecule has 1 aromatic carbocycles. The maximum Gasteiger partial charge on any atom is 0.339 e. The van der Waals surface area contributed by atoms with Crippen LogP contribution in [0.1, 0.15) is 23.2 Å². The zero-order chi connectivity index (χ0) is 17.8. The zero-order valence-electron chi connectivity index (χ0n) is 13.8. The monoisotopic (exact) mass is 338 g/mol. The van der Waals surface area contributed by atoms with Gasteiger partial charge in [-0.15, -0.1) is 0 Å². The summed E-state index contributed by atoms with van der Waals surface area (Å²) in [7, 11) is 0. The molecule has 128 valence electrons. The van der Waals surface area contributed by atoms with Crippen LogP contribution in [0, 0.1) is 6.92 Å². The van der Waals surface area contributed by atoms with Gasteiger partial charge in [0.05, 0.1) is 12.2 Å². The standard InChI is InChI=1S/C19H18N2O4/c1-12-15-6-5-14(22)10-17(15)25-19(24)16(12)7-8-18(23)21-11-13-4-2-3-9-20-13/h2-6,9-10,22H,7-8,11H2,1H3,(H,21,23). The van der Waals surface area contributed by atoms with Gasteiger partial charge in [0.25, 0.3) is 0 Å². The highest BCUT2D eigenvalue weighted by Gasteiger charge is 2.13. The molecule has 0 saturated heterocycles. The smallest absolute Gasteiger partial charge is 0.339 e. The van der Waals surface area contributed by atoms with Crippen molar-refractivity contribution in [2.45, 2.75) is 26.3 Å². The molecular formula is C19H18N2O4. The number of aryl methyl sites for hydroxylation is 1. The van der Waals surface area contributed by atoms with Crippen LogP contribution in [0.3, 0.4) is 0 Å². The van der Waals surface area contributed by atoms with E-state index in [-0.39, 0.29) is 18.1 Å². The van der Waals surface area contributed by atoms with Gasteiger partial charge in [0.2, 0.25) is 5.91 Å². The summed E-state index contributed by atoms with van der Waals surface area (Å²) in [6, 6.07) is 10.2. The number of phenolic OH excluding ortho intramolecular Hbond substituents is 1. The first-order valence-corrected chi connectivity index (χ1v) is 7.96. The number of aromatic hydroxyl groups is 1. The summed E-state index contributed by atoms with van der Waals surface area (Å²) >= 11 is 0. The number of nitrogens with one attached hydrogen (secondary N) is 1. The summed E-state index contributed by atoms with van der Waals surface area (Å²) in [6.45, 7) is 2.17. The number of fused-ring (bicyclic) bond motifs is 1. The van der Waals surface area contributed by atoms with Gasteiger partial charge in [-0.2, -0.15) is 0 Å². The second-order valence-corrected chi connectivity index (χ2v) is 5.77. The van der Waals surface area contributed by atoms with Crippen molar-refractivity contribution in [3.8, 4) is 5.75 Å². The molecule has 0 aliphatic carbocycles. The van der Waals surface area contributed by atoms with Crippen molar-refractivity contribution in [1.29, 1.82) is 0 Å². The molecule has 0 fully saturated rings. The average Bonchev–Trinajstić information content (AvgIpc) is 2.60. The van der Waals surface area contributed by atoms with Crippen LogP contribution in [0.25, 0.3) is 11.0 Å². The van der Waals surface area contributed by atoms with Crippen molar-refractivity contribution in [3.05, 3.63) is 69.8 Å². The van der Waals surface area contributed by atoms with Gasteiger partial charge in [0.1, 0.15) is 11.3 Å². The van der Waals surface area contributed by atoms with Crippen LogP contribution in [0.5, 0.6) is 5.75 Å². The van der Waals surface area contributed by atoms with Crippen LogP contribution in [-0.4, -0.2) is 16.0 Å². The molecular weight excluding hydrogens is 320 g/mol. The third-order valence-electron chi connectivity index (χ3n) is 4.07. The van der Waals surface area contributed by atoms with Gasteiger partial charge in [0, 0.05) is 29.6 Å². The first-order valence-electron chi connectivity index (χ1n) is 7.96. The topological polar surface area (TPSA) is 92.4 Å². The highest BCUT2D eigenvalue weighted by molar-refractivity contribution is 5.82. The summed E-state index contributed by atoms with van der Waals surface area (Å²) in [6.07, 6.45) is 2.14. The molecule has 0 saturated carbocycles. The molecule has 0 spiro atoms. The summed E-state index contributed by atoms with van der Waals surface area (Å²) in [5.41, 5.74) is 1.88. The predicted molar refractivity (Wildman–Crippen MR) is 93.3 cm³/mol. The first-order chi connectivity index (χ1) is 12.0. The number of phenols is 1. The van der Waals surface area contributed by atoms with Crippen LogP contribution >= 0.6 is 0 Å². The molecule has 0 unspecified atom stereocenters.